The molecule has 0 aromatic carbocycles. The Labute approximate surface area is 127 Å². The van der Waals surface area contributed by atoms with Crippen molar-refractivity contribution in [2.45, 2.75) is 97.7 Å². The molecule has 0 aromatic heterocycles. The molecule has 0 spiro atoms. The fourth-order valence-corrected chi connectivity index (χ4v) is 3.42. The number of ether oxygens (including phenoxy) is 1. The molecule has 0 N–H and O–H groups in total. The Bertz CT molecular complexity index is 292. The molecule has 0 bridgehead atoms. The standard InChI is InChI=1S/C13H22O.C6H14/c1-9(2)5-6-11-7-12-13(4,14-12)8-10(11)3;1-3-5-6-4-2/h10-12H,1,5-8H2,2-4H3;3-6H2,1-2H3. The van der Waals surface area contributed by atoms with Gasteiger partial charge in [-0.15, -0.1) is 6.58 Å². The summed E-state index contributed by atoms with van der Waals surface area (Å²) in [4.78, 5) is 0. The van der Waals surface area contributed by atoms with Crippen molar-refractivity contribution < 1.29 is 4.74 Å². The second-order valence-corrected chi connectivity index (χ2v) is 7.30. The van der Waals surface area contributed by atoms with Crippen LogP contribution in [0.4, 0.5) is 0 Å². The summed E-state index contributed by atoms with van der Waals surface area (Å²) in [6, 6.07) is 0. The number of unbranched alkanes of at least 4 members (excludes halogenated alkanes) is 3. The maximum Gasteiger partial charge on any atom is 0.0923 e. The maximum atomic E-state index is 5.75. The highest BCUT2D eigenvalue weighted by molar-refractivity contribution is 5.05. The van der Waals surface area contributed by atoms with Gasteiger partial charge in [0.2, 0.25) is 0 Å². The highest BCUT2D eigenvalue weighted by atomic mass is 16.6. The molecule has 118 valence electrons. The Morgan fingerprint density at radius 3 is 2.35 bits per heavy atom. The first kappa shape index (κ1) is 17.8. The lowest BCUT2D eigenvalue weighted by atomic mass is 9.73. The highest BCUT2D eigenvalue weighted by Gasteiger charge is 2.56. The summed E-state index contributed by atoms with van der Waals surface area (Å²) < 4.78 is 5.75. The van der Waals surface area contributed by atoms with Crippen LogP contribution >= 0.6 is 0 Å². The molecule has 0 radical (unpaired) electrons. The van der Waals surface area contributed by atoms with Crippen molar-refractivity contribution in [3.8, 4) is 0 Å². The van der Waals surface area contributed by atoms with E-state index in [1.807, 2.05) is 0 Å². The molecule has 1 saturated carbocycles. The van der Waals surface area contributed by atoms with E-state index in [0.29, 0.717) is 6.10 Å². The third-order valence-corrected chi connectivity index (χ3v) is 4.98. The first-order valence-electron chi connectivity index (χ1n) is 8.75. The SMILES string of the molecule is C=C(C)CCC1CC2OC2(C)CC1C.CCCCCC. The van der Waals surface area contributed by atoms with Crippen LogP contribution in [0.25, 0.3) is 0 Å². The predicted molar refractivity (Wildman–Crippen MR) is 89.0 cm³/mol. The zero-order valence-electron chi connectivity index (χ0n) is 14.5. The summed E-state index contributed by atoms with van der Waals surface area (Å²) >= 11 is 0. The number of hydrogen-bond acceptors (Lipinski definition) is 1. The Morgan fingerprint density at radius 1 is 1.25 bits per heavy atom. The van der Waals surface area contributed by atoms with Crippen LogP contribution in [0, 0.1) is 11.8 Å². The molecule has 20 heavy (non-hydrogen) atoms. The lowest BCUT2D eigenvalue weighted by Gasteiger charge is -2.29. The molecule has 4 unspecified atom stereocenters. The topological polar surface area (TPSA) is 12.5 Å². The Balaban J connectivity index is 0.000000286. The van der Waals surface area contributed by atoms with Crippen molar-refractivity contribution in [3.05, 3.63) is 12.2 Å². The molecule has 0 aromatic rings. The lowest BCUT2D eigenvalue weighted by molar-refractivity contribution is 0.230. The summed E-state index contributed by atoms with van der Waals surface area (Å²) in [6.45, 7) is 15.2. The molecule has 1 saturated heterocycles. The van der Waals surface area contributed by atoms with Crippen molar-refractivity contribution in [1.82, 2.24) is 0 Å². The highest BCUT2D eigenvalue weighted by Crippen LogP contribution is 2.52. The minimum absolute atomic E-state index is 0.263. The fourth-order valence-electron chi connectivity index (χ4n) is 3.42. The molecule has 0 amide bonds. The van der Waals surface area contributed by atoms with Gasteiger partial charge in [0.15, 0.2) is 0 Å². The minimum atomic E-state index is 0.263. The molecule has 2 rings (SSSR count). The van der Waals surface area contributed by atoms with Crippen LogP contribution in [0.1, 0.15) is 86.0 Å². The minimum Gasteiger partial charge on any atom is -0.366 e. The van der Waals surface area contributed by atoms with Gasteiger partial charge in [-0.05, 0) is 51.4 Å². The lowest BCUT2D eigenvalue weighted by Crippen LogP contribution is -2.28. The molecule has 2 fully saturated rings. The van der Waals surface area contributed by atoms with Gasteiger partial charge in [0.25, 0.3) is 0 Å². The average molecular weight is 280 g/mol. The predicted octanol–water partition coefficient (Wildman–Crippen LogP) is 6.13. The van der Waals surface area contributed by atoms with Gasteiger partial charge in [-0.1, -0.05) is 52.0 Å². The largest absolute Gasteiger partial charge is 0.366 e. The number of rotatable bonds is 6. The van der Waals surface area contributed by atoms with E-state index in [2.05, 4.69) is 41.2 Å². The van der Waals surface area contributed by atoms with Crippen molar-refractivity contribution in [1.29, 1.82) is 0 Å². The first-order chi connectivity index (χ1) is 9.42. The molecule has 2 aliphatic rings. The van der Waals surface area contributed by atoms with E-state index in [4.69, 9.17) is 4.74 Å². The van der Waals surface area contributed by atoms with Crippen molar-refractivity contribution in [2.75, 3.05) is 0 Å². The molecule has 1 nitrogen and oxygen atoms in total. The molecular weight excluding hydrogens is 244 g/mol. The Morgan fingerprint density at radius 2 is 1.85 bits per heavy atom. The number of epoxide rings is 1. The Hall–Kier alpha value is -0.300. The van der Waals surface area contributed by atoms with E-state index >= 15 is 0 Å². The van der Waals surface area contributed by atoms with Crippen LogP contribution in [0.2, 0.25) is 0 Å². The molecule has 1 aliphatic heterocycles. The van der Waals surface area contributed by atoms with Crippen molar-refractivity contribution in [2.24, 2.45) is 11.8 Å². The monoisotopic (exact) mass is 280 g/mol. The van der Waals surface area contributed by atoms with Gasteiger partial charge >= 0.3 is 0 Å². The van der Waals surface area contributed by atoms with Gasteiger partial charge in [-0.3, -0.25) is 0 Å². The van der Waals surface area contributed by atoms with Crippen molar-refractivity contribution in [3.63, 3.8) is 0 Å². The summed E-state index contributed by atoms with van der Waals surface area (Å²) in [5, 5.41) is 0. The van der Waals surface area contributed by atoms with Gasteiger partial charge < -0.3 is 4.74 Å². The summed E-state index contributed by atoms with van der Waals surface area (Å²) in [5.74, 6) is 1.70. The summed E-state index contributed by atoms with van der Waals surface area (Å²) in [5.41, 5.74) is 1.58. The number of fused-ring (bicyclic) bond motifs is 1. The molecular formula is C19H36O. The zero-order chi connectivity index (χ0) is 15.2. The molecule has 1 heteroatoms. The van der Waals surface area contributed by atoms with Crippen LogP contribution in [0.15, 0.2) is 12.2 Å². The van der Waals surface area contributed by atoms with Gasteiger partial charge in [0.05, 0.1) is 11.7 Å². The van der Waals surface area contributed by atoms with Crippen LogP contribution < -0.4 is 0 Å². The van der Waals surface area contributed by atoms with Crippen LogP contribution in [-0.4, -0.2) is 11.7 Å². The van der Waals surface area contributed by atoms with Gasteiger partial charge in [-0.2, -0.15) is 0 Å². The second kappa shape index (κ2) is 8.22. The quantitative estimate of drug-likeness (QED) is 0.324. The normalized spacial score (nSPS) is 34.8. The fraction of sp³-hybridized carbons (Fsp3) is 0.895. The van der Waals surface area contributed by atoms with Crippen LogP contribution in [0.5, 0.6) is 0 Å². The van der Waals surface area contributed by atoms with E-state index in [9.17, 15) is 0 Å². The van der Waals surface area contributed by atoms with Gasteiger partial charge in [0, 0.05) is 0 Å². The van der Waals surface area contributed by atoms with E-state index < -0.39 is 0 Å². The van der Waals surface area contributed by atoms with Crippen molar-refractivity contribution >= 4 is 0 Å². The first-order valence-corrected chi connectivity index (χ1v) is 8.75. The Kier molecular flexibility index (Phi) is 7.29. The summed E-state index contributed by atoms with van der Waals surface area (Å²) in [6.07, 6.45) is 11.2. The molecule has 1 heterocycles. The third kappa shape index (κ3) is 5.60. The number of allylic oxidation sites excluding steroid dienone is 1. The van der Waals surface area contributed by atoms with E-state index in [1.165, 1.54) is 56.9 Å². The van der Waals surface area contributed by atoms with Crippen LogP contribution in [-0.2, 0) is 4.74 Å². The third-order valence-electron chi connectivity index (χ3n) is 4.98. The maximum absolute atomic E-state index is 5.75. The zero-order valence-corrected chi connectivity index (χ0v) is 14.5. The van der Waals surface area contributed by atoms with E-state index in [0.717, 1.165) is 11.8 Å². The number of hydrogen-bond donors (Lipinski definition) is 0. The van der Waals surface area contributed by atoms with Gasteiger partial charge in [0.1, 0.15) is 0 Å². The smallest absolute Gasteiger partial charge is 0.0923 e. The molecule has 1 aliphatic carbocycles. The van der Waals surface area contributed by atoms with E-state index in [-0.39, 0.29) is 5.60 Å². The average Bonchev–Trinajstić information content (AvgIpc) is 3.03. The summed E-state index contributed by atoms with van der Waals surface area (Å²) in [7, 11) is 0. The van der Waals surface area contributed by atoms with Gasteiger partial charge in [-0.25, -0.2) is 0 Å². The van der Waals surface area contributed by atoms with E-state index in [1.54, 1.807) is 0 Å². The molecule has 4 atom stereocenters. The van der Waals surface area contributed by atoms with Crippen LogP contribution in [0.3, 0.4) is 0 Å². The second-order valence-electron chi connectivity index (χ2n) is 7.30.